The maximum atomic E-state index is 13.0. The Morgan fingerprint density at radius 1 is 1.32 bits per heavy atom. The minimum Gasteiger partial charge on any atom is -0.465 e. The summed E-state index contributed by atoms with van der Waals surface area (Å²) in [6.07, 6.45) is -4.50. The van der Waals surface area contributed by atoms with Crippen molar-refractivity contribution >= 4 is 5.97 Å². The molecule has 0 N–H and O–H groups in total. The molecular formula is C13H16F3NO2. The van der Waals surface area contributed by atoms with Crippen molar-refractivity contribution in [1.82, 2.24) is 4.90 Å². The maximum Gasteiger partial charge on any atom is 0.416 e. The summed E-state index contributed by atoms with van der Waals surface area (Å²) in [5, 5.41) is 0. The molecule has 0 saturated heterocycles. The molecule has 1 aromatic carbocycles. The van der Waals surface area contributed by atoms with Gasteiger partial charge in [0, 0.05) is 0 Å². The molecule has 1 rings (SSSR count). The van der Waals surface area contributed by atoms with Gasteiger partial charge >= 0.3 is 12.1 Å². The Kier molecular flexibility index (Phi) is 4.94. The summed E-state index contributed by atoms with van der Waals surface area (Å²) in [7, 11) is 3.07. The summed E-state index contributed by atoms with van der Waals surface area (Å²) < 4.78 is 43.7. The van der Waals surface area contributed by atoms with Gasteiger partial charge in [0.1, 0.15) is 6.04 Å². The second-order valence-corrected chi connectivity index (χ2v) is 4.20. The van der Waals surface area contributed by atoms with Crippen LogP contribution in [0.4, 0.5) is 13.2 Å². The molecule has 0 heterocycles. The predicted molar refractivity (Wildman–Crippen MR) is 64.5 cm³/mol. The smallest absolute Gasteiger partial charge is 0.416 e. The molecule has 0 spiro atoms. The van der Waals surface area contributed by atoms with Crippen molar-refractivity contribution in [1.29, 1.82) is 0 Å². The summed E-state index contributed by atoms with van der Waals surface area (Å²) in [5.41, 5.74) is -0.916. The van der Waals surface area contributed by atoms with Crippen LogP contribution in [0.3, 0.4) is 0 Å². The van der Waals surface area contributed by atoms with Crippen LogP contribution in [-0.2, 0) is 15.7 Å². The number of likely N-dealkylation sites (N-methyl/N-ethyl adjacent to an activating group) is 1. The summed E-state index contributed by atoms with van der Waals surface area (Å²) in [6, 6.07) is 3.96. The maximum absolute atomic E-state index is 13.0. The van der Waals surface area contributed by atoms with Crippen molar-refractivity contribution in [3.05, 3.63) is 35.4 Å². The number of carbonyl (C=O) groups is 1. The first-order chi connectivity index (χ1) is 8.79. The summed E-state index contributed by atoms with van der Waals surface area (Å²) in [6.45, 7) is 1.73. The predicted octanol–water partition coefficient (Wildman–Crippen LogP) is 2.87. The van der Waals surface area contributed by atoms with Crippen molar-refractivity contribution < 1.29 is 22.7 Å². The largest absolute Gasteiger partial charge is 0.465 e. The number of rotatable bonds is 4. The molecule has 3 nitrogen and oxygen atoms in total. The van der Waals surface area contributed by atoms with Crippen LogP contribution < -0.4 is 0 Å². The fraction of sp³-hybridized carbons (Fsp3) is 0.462. The number of hydrogen-bond donors (Lipinski definition) is 0. The first-order valence-electron chi connectivity index (χ1n) is 5.78. The van der Waals surface area contributed by atoms with E-state index in [-0.39, 0.29) is 12.2 Å². The van der Waals surface area contributed by atoms with Crippen LogP contribution in [0, 0.1) is 0 Å². The zero-order valence-corrected chi connectivity index (χ0v) is 11.0. The lowest BCUT2D eigenvalue weighted by Gasteiger charge is -2.25. The Balaban J connectivity index is 3.28. The molecule has 1 atom stereocenters. The molecule has 0 bridgehead atoms. The van der Waals surface area contributed by atoms with E-state index in [0.717, 1.165) is 6.07 Å². The fourth-order valence-corrected chi connectivity index (χ4v) is 1.83. The molecular weight excluding hydrogens is 259 g/mol. The molecule has 0 fully saturated rings. The van der Waals surface area contributed by atoms with Crippen LogP contribution in [0.2, 0.25) is 0 Å². The van der Waals surface area contributed by atoms with Crippen molar-refractivity contribution in [2.75, 3.05) is 20.7 Å². The first kappa shape index (κ1) is 15.5. The van der Waals surface area contributed by atoms with Crippen LogP contribution in [-0.4, -0.2) is 31.6 Å². The number of hydrogen-bond acceptors (Lipinski definition) is 3. The van der Waals surface area contributed by atoms with Crippen LogP contribution in [0.25, 0.3) is 0 Å². The van der Waals surface area contributed by atoms with E-state index in [0.29, 0.717) is 0 Å². The van der Waals surface area contributed by atoms with Gasteiger partial charge in [-0.25, -0.2) is 4.79 Å². The molecule has 6 heteroatoms. The molecule has 106 valence electrons. The zero-order chi connectivity index (χ0) is 14.6. The van der Waals surface area contributed by atoms with Gasteiger partial charge in [-0.05, 0) is 32.6 Å². The van der Waals surface area contributed by atoms with Gasteiger partial charge in [0.25, 0.3) is 0 Å². The normalized spacial score (nSPS) is 13.4. The monoisotopic (exact) mass is 275 g/mol. The molecule has 0 radical (unpaired) electrons. The van der Waals surface area contributed by atoms with E-state index in [1.165, 1.54) is 37.2 Å². The van der Waals surface area contributed by atoms with Crippen molar-refractivity contribution in [3.8, 4) is 0 Å². The second kappa shape index (κ2) is 6.06. The summed E-state index contributed by atoms with van der Waals surface area (Å²) in [5.74, 6) is -0.691. The third-order valence-electron chi connectivity index (χ3n) is 2.59. The first-order valence-corrected chi connectivity index (χ1v) is 5.78. The van der Waals surface area contributed by atoms with Crippen LogP contribution in [0.5, 0.6) is 0 Å². The van der Waals surface area contributed by atoms with Gasteiger partial charge in [-0.15, -0.1) is 0 Å². The van der Waals surface area contributed by atoms with Crippen LogP contribution in [0.15, 0.2) is 24.3 Å². The lowest BCUT2D eigenvalue weighted by Crippen LogP contribution is -2.31. The van der Waals surface area contributed by atoms with Crippen molar-refractivity contribution in [3.63, 3.8) is 0 Å². The molecule has 19 heavy (non-hydrogen) atoms. The minimum atomic E-state index is -4.50. The third-order valence-corrected chi connectivity index (χ3v) is 2.59. The summed E-state index contributed by atoms with van der Waals surface area (Å²) in [4.78, 5) is 13.2. The Bertz CT molecular complexity index is 444. The van der Waals surface area contributed by atoms with Gasteiger partial charge in [0.15, 0.2) is 0 Å². The molecule has 0 saturated carbocycles. The molecule has 0 amide bonds. The molecule has 1 unspecified atom stereocenters. The number of benzene rings is 1. The SMILES string of the molecule is CCOC(=O)C(c1ccccc1C(F)(F)F)N(C)C. The van der Waals surface area contributed by atoms with Gasteiger partial charge in [-0.3, -0.25) is 4.90 Å². The van der Waals surface area contributed by atoms with Gasteiger partial charge in [-0.2, -0.15) is 13.2 Å². The third kappa shape index (κ3) is 3.70. The second-order valence-electron chi connectivity index (χ2n) is 4.20. The molecule has 0 aliphatic heterocycles. The van der Waals surface area contributed by atoms with E-state index in [2.05, 4.69) is 0 Å². The summed E-state index contributed by atoms with van der Waals surface area (Å²) >= 11 is 0. The van der Waals surface area contributed by atoms with Gasteiger partial charge < -0.3 is 4.74 Å². The van der Waals surface area contributed by atoms with Gasteiger partial charge in [-0.1, -0.05) is 18.2 Å². The van der Waals surface area contributed by atoms with Crippen LogP contribution in [0.1, 0.15) is 24.1 Å². The van der Waals surface area contributed by atoms with E-state index in [1.54, 1.807) is 6.92 Å². The molecule has 0 aliphatic carbocycles. The Morgan fingerprint density at radius 2 is 1.89 bits per heavy atom. The standard InChI is InChI=1S/C13H16F3NO2/c1-4-19-12(18)11(17(2)3)9-7-5-6-8-10(9)13(14,15)16/h5-8,11H,4H2,1-3H3. The van der Waals surface area contributed by atoms with Crippen molar-refractivity contribution in [2.24, 2.45) is 0 Å². The highest BCUT2D eigenvalue weighted by molar-refractivity contribution is 5.78. The Labute approximate surface area is 110 Å². The van der Waals surface area contributed by atoms with E-state index < -0.39 is 23.8 Å². The highest BCUT2D eigenvalue weighted by atomic mass is 19.4. The number of alkyl halides is 3. The van der Waals surface area contributed by atoms with E-state index in [1.807, 2.05) is 0 Å². The lowest BCUT2D eigenvalue weighted by atomic mass is 9.99. The number of esters is 1. The van der Waals surface area contributed by atoms with E-state index in [9.17, 15) is 18.0 Å². The van der Waals surface area contributed by atoms with Crippen LogP contribution >= 0.6 is 0 Å². The topological polar surface area (TPSA) is 29.5 Å². The molecule has 0 aromatic heterocycles. The molecule has 1 aromatic rings. The minimum absolute atomic E-state index is 0.0987. The fourth-order valence-electron chi connectivity index (χ4n) is 1.83. The van der Waals surface area contributed by atoms with E-state index >= 15 is 0 Å². The lowest BCUT2D eigenvalue weighted by molar-refractivity contribution is -0.150. The average Bonchev–Trinajstić information content (AvgIpc) is 2.28. The number of nitrogens with zero attached hydrogens (tertiary/aromatic N) is 1. The highest BCUT2D eigenvalue weighted by Gasteiger charge is 2.37. The Hall–Kier alpha value is -1.56. The quantitative estimate of drug-likeness (QED) is 0.791. The van der Waals surface area contributed by atoms with Crippen molar-refractivity contribution in [2.45, 2.75) is 19.1 Å². The Morgan fingerprint density at radius 3 is 2.37 bits per heavy atom. The number of carbonyl (C=O) groups excluding carboxylic acids is 1. The van der Waals surface area contributed by atoms with E-state index in [4.69, 9.17) is 4.74 Å². The molecule has 0 aliphatic rings. The van der Waals surface area contributed by atoms with Gasteiger partial charge in [0.05, 0.1) is 12.2 Å². The highest BCUT2D eigenvalue weighted by Crippen LogP contribution is 2.36. The zero-order valence-electron chi connectivity index (χ0n) is 11.0. The number of ether oxygens (including phenoxy) is 1. The average molecular weight is 275 g/mol. The number of halogens is 3. The van der Waals surface area contributed by atoms with Gasteiger partial charge in [0.2, 0.25) is 0 Å².